The van der Waals surface area contributed by atoms with E-state index >= 15 is 0 Å². The Bertz CT molecular complexity index is 1020. The van der Waals surface area contributed by atoms with Gasteiger partial charge in [0, 0.05) is 19.5 Å². The van der Waals surface area contributed by atoms with Crippen LogP contribution in [0.5, 0.6) is 0 Å². The van der Waals surface area contributed by atoms with Crippen LogP contribution < -0.4 is 0 Å². The van der Waals surface area contributed by atoms with E-state index in [0.29, 0.717) is 28.3 Å². The summed E-state index contributed by atoms with van der Waals surface area (Å²) in [7, 11) is 0. The summed E-state index contributed by atoms with van der Waals surface area (Å²) in [5.74, 6) is 0.461. The molecule has 0 aromatic heterocycles. The van der Waals surface area contributed by atoms with Gasteiger partial charge in [-0.05, 0) is 61.4 Å². The SMILES string of the molecule is CCC(C)C1CC(=O)N(CC)C1.CCc1cccc(F)c1C(F)(F)F.Cc1ccc(C#N)c(Cl)c1. The molecule has 8 heteroatoms. The second-order valence-electron chi connectivity index (χ2n) is 8.50. The quantitative estimate of drug-likeness (QED) is 0.392. The molecule has 0 N–H and O–H groups in total. The molecule has 1 aliphatic heterocycles. The molecule has 3 nitrogen and oxygen atoms in total. The van der Waals surface area contributed by atoms with Gasteiger partial charge in [-0.15, -0.1) is 0 Å². The monoisotopic (exact) mass is 512 g/mol. The molecule has 1 amide bonds. The topological polar surface area (TPSA) is 44.1 Å². The number of carbonyl (C=O) groups is 1. The lowest BCUT2D eigenvalue weighted by atomic mass is 9.91. The number of nitrogens with zero attached hydrogens (tertiary/aromatic N) is 2. The van der Waals surface area contributed by atoms with Gasteiger partial charge in [-0.25, -0.2) is 4.39 Å². The summed E-state index contributed by atoms with van der Waals surface area (Å²) in [6.07, 6.45) is -2.46. The largest absolute Gasteiger partial charge is 0.419 e. The third-order valence-corrected chi connectivity index (χ3v) is 6.40. The van der Waals surface area contributed by atoms with Crippen molar-refractivity contribution in [1.82, 2.24) is 4.90 Å². The molecule has 0 spiro atoms. The lowest BCUT2D eigenvalue weighted by Gasteiger charge is -2.17. The maximum atomic E-state index is 12.8. The highest BCUT2D eigenvalue weighted by atomic mass is 35.5. The van der Waals surface area contributed by atoms with E-state index in [1.165, 1.54) is 18.6 Å². The number of hydrogen-bond acceptors (Lipinski definition) is 2. The lowest BCUT2D eigenvalue weighted by Crippen LogP contribution is -2.25. The first-order valence-corrected chi connectivity index (χ1v) is 12.1. The van der Waals surface area contributed by atoms with Gasteiger partial charge in [-0.2, -0.15) is 18.4 Å². The predicted octanol–water partition coefficient (Wildman–Crippen LogP) is 7.83. The van der Waals surface area contributed by atoms with Crippen LogP contribution in [-0.2, 0) is 17.4 Å². The van der Waals surface area contributed by atoms with Crippen LogP contribution in [0.3, 0.4) is 0 Å². The Labute approximate surface area is 210 Å². The number of hydrogen-bond donors (Lipinski definition) is 0. The summed E-state index contributed by atoms with van der Waals surface area (Å²) >= 11 is 5.71. The van der Waals surface area contributed by atoms with E-state index in [4.69, 9.17) is 16.9 Å². The molecule has 35 heavy (non-hydrogen) atoms. The molecule has 3 rings (SSSR count). The average molecular weight is 513 g/mol. The lowest BCUT2D eigenvalue weighted by molar-refractivity contribution is -0.140. The van der Waals surface area contributed by atoms with Crippen molar-refractivity contribution >= 4 is 17.5 Å². The Kier molecular flexibility index (Phi) is 12.3. The minimum atomic E-state index is -4.60. The number of benzene rings is 2. The van der Waals surface area contributed by atoms with Crippen LogP contribution in [0.25, 0.3) is 0 Å². The minimum Gasteiger partial charge on any atom is -0.343 e. The van der Waals surface area contributed by atoms with Crippen LogP contribution >= 0.6 is 11.6 Å². The van der Waals surface area contributed by atoms with Crippen LogP contribution in [-0.4, -0.2) is 23.9 Å². The van der Waals surface area contributed by atoms with Gasteiger partial charge in [0.15, 0.2) is 0 Å². The van der Waals surface area contributed by atoms with Gasteiger partial charge < -0.3 is 4.90 Å². The highest BCUT2D eigenvalue weighted by molar-refractivity contribution is 6.31. The average Bonchev–Trinajstić information content (AvgIpc) is 3.19. The van der Waals surface area contributed by atoms with Crippen molar-refractivity contribution in [2.75, 3.05) is 13.1 Å². The highest BCUT2D eigenvalue weighted by Gasteiger charge is 2.36. The number of rotatable bonds is 4. The smallest absolute Gasteiger partial charge is 0.343 e. The van der Waals surface area contributed by atoms with Crippen molar-refractivity contribution in [2.24, 2.45) is 11.8 Å². The summed E-state index contributed by atoms with van der Waals surface area (Å²) in [6, 6.07) is 10.7. The fourth-order valence-corrected chi connectivity index (χ4v) is 3.99. The Morgan fingerprint density at radius 3 is 2.29 bits per heavy atom. The zero-order valence-electron chi connectivity index (χ0n) is 20.8. The molecule has 1 fully saturated rings. The van der Waals surface area contributed by atoms with E-state index in [1.807, 2.05) is 24.0 Å². The van der Waals surface area contributed by atoms with Crippen molar-refractivity contribution in [3.63, 3.8) is 0 Å². The summed E-state index contributed by atoms with van der Waals surface area (Å²) in [4.78, 5) is 13.3. The first-order chi connectivity index (χ1) is 16.4. The summed E-state index contributed by atoms with van der Waals surface area (Å²) in [5.41, 5.74) is 0.460. The maximum Gasteiger partial charge on any atom is 0.419 e. The predicted molar refractivity (Wildman–Crippen MR) is 131 cm³/mol. The molecular weight excluding hydrogens is 480 g/mol. The Morgan fingerprint density at radius 1 is 1.20 bits per heavy atom. The number of alkyl halides is 3. The van der Waals surface area contributed by atoms with Crippen molar-refractivity contribution in [2.45, 2.75) is 60.1 Å². The third kappa shape index (κ3) is 9.18. The molecule has 0 aliphatic carbocycles. The second-order valence-corrected chi connectivity index (χ2v) is 8.91. The van der Waals surface area contributed by atoms with Gasteiger partial charge in [0.1, 0.15) is 11.9 Å². The molecule has 1 aliphatic rings. The van der Waals surface area contributed by atoms with Crippen LogP contribution in [0, 0.1) is 35.9 Å². The molecule has 0 radical (unpaired) electrons. The van der Waals surface area contributed by atoms with Gasteiger partial charge in [0.25, 0.3) is 0 Å². The van der Waals surface area contributed by atoms with E-state index in [1.54, 1.807) is 19.1 Å². The van der Waals surface area contributed by atoms with Crippen molar-refractivity contribution in [3.05, 3.63) is 69.5 Å². The number of likely N-dealkylation sites (tertiary alicyclic amines) is 1. The highest BCUT2D eigenvalue weighted by Crippen LogP contribution is 2.34. The fraction of sp³-hybridized carbons (Fsp3) is 0.481. The maximum absolute atomic E-state index is 12.8. The molecule has 2 unspecified atom stereocenters. The number of carbonyl (C=O) groups excluding carboxylic acids is 1. The molecule has 1 heterocycles. The summed E-state index contributed by atoms with van der Waals surface area (Å²) in [6.45, 7) is 11.9. The van der Waals surface area contributed by atoms with E-state index in [2.05, 4.69) is 20.8 Å². The van der Waals surface area contributed by atoms with Gasteiger partial charge >= 0.3 is 6.18 Å². The van der Waals surface area contributed by atoms with Crippen LogP contribution in [0.1, 0.15) is 62.8 Å². The minimum absolute atomic E-state index is 0.00694. The van der Waals surface area contributed by atoms with Crippen LogP contribution in [0.15, 0.2) is 36.4 Å². The standard InChI is InChI=1S/C10H19NO.C9H8F4.C8H6ClN/c1-4-8(3)9-6-10(12)11(5-2)7-9;1-2-6-4-3-5-7(10)8(6)9(11,12)13;1-6-2-3-7(5-10)8(9)4-6/h8-9H,4-7H2,1-3H3;3-5H,2H2,1H3;2-4H,1H3. The molecule has 2 aromatic carbocycles. The number of nitriles is 1. The summed E-state index contributed by atoms with van der Waals surface area (Å²) in [5, 5.41) is 9.00. The fourth-order valence-electron chi connectivity index (χ4n) is 3.71. The first-order valence-electron chi connectivity index (χ1n) is 11.7. The third-order valence-electron chi connectivity index (χ3n) is 6.08. The molecule has 2 aromatic rings. The van der Waals surface area contributed by atoms with E-state index in [9.17, 15) is 22.4 Å². The molecule has 0 saturated carbocycles. The number of halogens is 5. The molecular formula is C27H33ClF4N2O. The van der Waals surface area contributed by atoms with Crippen molar-refractivity contribution in [1.29, 1.82) is 5.26 Å². The van der Waals surface area contributed by atoms with Crippen molar-refractivity contribution < 1.29 is 22.4 Å². The van der Waals surface area contributed by atoms with E-state index in [0.717, 1.165) is 31.1 Å². The Morgan fingerprint density at radius 2 is 1.86 bits per heavy atom. The van der Waals surface area contributed by atoms with Gasteiger partial charge in [-0.3, -0.25) is 4.79 Å². The molecule has 1 saturated heterocycles. The summed E-state index contributed by atoms with van der Waals surface area (Å²) < 4.78 is 49.6. The zero-order valence-corrected chi connectivity index (χ0v) is 21.6. The van der Waals surface area contributed by atoms with Crippen LogP contribution in [0.4, 0.5) is 17.6 Å². The first kappa shape index (κ1) is 30.4. The van der Waals surface area contributed by atoms with Gasteiger partial charge in [0.2, 0.25) is 5.91 Å². The van der Waals surface area contributed by atoms with Crippen molar-refractivity contribution in [3.8, 4) is 6.07 Å². The number of amides is 1. The molecule has 192 valence electrons. The number of aryl methyl sites for hydroxylation is 2. The normalized spacial score (nSPS) is 16.0. The Balaban J connectivity index is 0.000000265. The second kappa shape index (κ2) is 14.1. The molecule has 0 bridgehead atoms. The van der Waals surface area contributed by atoms with E-state index < -0.39 is 17.6 Å². The zero-order chi connectivity index (χ0) is 26.8. The molecule has 2 atom stereocenters. The van der Waals surface area contributed by atoms with Crippen LogP contribution in [0.2, 0.25) is 5.02 Å². The Hall–Kier alpha value is -2.59. The van der Waals surface area contributed by atoms with Gasteiger partial charge in [0.05, 0.1) is 16.1 Å². The van der Waals surface area contributed by atoms with Gasteiger partial charge in [-0.1, -0.05) is 57.0 Å². The van der Waals surface area contributed by atoms with E-state index in [-0.39, 0.29) is 12.0 Å².